The monoisotopic (exact) mass is 463 g/mol. The number of amides is 1. The van der Waals surface area contributed by atoms with Crippen molar-refractivity contribution in [1.82, 2.24) is 24.5 Å². The Bertz CT molecular complexity index is 1230. The maximum atomic E-state index is 13.1. The molecule has 5 heterocycles. The van der Waals surface area contributed by atoms with Crippen LogP contribution < -0.4 is 0 Å². The SMILES string of the molecule is O=C(c1csc(-c2cccs2)n1)N1CCCC(c2nnc3ccc(C(F)(F)F)cn23)C1. The van der Waals surface area contributed by atoms with Crippen molar-refractivity contribution < 1.29 is 18.0 Å². The predicted molar refractivity (Wildman–Crippen MR) is 111 cm³/mol. The van der Waals surface area contributed by atoms with Crippen molar-refractivity contribution >= 4 is 34.2 Å². The van der Waals surface area contributed by atoms with Gasteiger partial charge in [-0.25, -0.2) is 4.98 Å². The lowest BCUT2D eigenvalue weighted by Crippen LogP contribution is -2.39. The van der Waals surface area contributed by atoms with Crippen molar-refractivity contribution in [3.05, 3.63) is 58.3 Å². The summed E-state index contributed by atoms with van der Waals surface area (Å²) in [6, 6.07) is 6.20. The summed E-state index contributed by atoms with van der Waals surface area (Å²) in [5.74, 6) is 0.0660. The van der Waals surface area contributed by atoms with E-state index in [0.29, 0.717) is 30.3 Å². The molecule has 0 saturated carbocycles. The minimum absolute atomic E-state index is 0.173. The molecule has 1 fully saturated rings. The normalized spacial score (nSPS) is 17.4. The Kier molecular flexibility index (Phi) is 5.01. The number of hydrogen-bond acceptors (Lipinski definition) is 6. The third-order valence-corrected chi connectivity index (χ3v) is 7.17. The molecule has 4 aromatic heterocycles. The zero-order valence-electron chi connectivity index (χ0n) is 16.0. The molecule has 1 atom stereocenters. The van der Waals surface area contributed by atoms with Crippen LogP contribution in [-0.2, 0) is 6.18 Å². The fourth-order valence-corrected chi connectivity index (χ4v) is 5.38. The van der Waals surface area contributed by atoms with Crippen molar-refractivity contribution in [2.75, 3.05) is 13.1 Å². The standard InChI is InChI=1S/C20H16F3N5OS2/c21-20(22,23)13-5-6-16-25-26-17(28(16)10-13)12-3-1-7-27(9-12)19(29)14-11-31-18(24-14)15-4-2-8-30-15/h2,4-6,8,10-12H,1,3,7,9H2. The molecule has 1 unspecified atom stereocenters. The molecule has 0 spiro atoms. The van der Waals surface area contributed by atoms with Crippen LogP contribution in [0.4, 0.5) is 13.2 Å². The molecule has 4 aromatic rings. The molecule has 11 heteroatoms. The Morgan fingerprint density at radius 3 is 2.81 bits per heavy atom. The van der Waals surface area contributed by atoms with Gasteiger partial charge in [-0.3, -0.25) is 9.20 Å². The van der Waals surface area contributed by atoms with Crippen molar-refractivity contribution in [2.24, 2.45) is 0 Å². The second-order valence-electron chi connectivity index (χ2n) is 7.31. The molecule has 1 saturated heterocycles. The molecule has 0 radical (unpaired) electrons. The van der Waals surface area contributed by atoms with Crippen LogP contribution in [-0.4, -0.2) is 43.5 Å². The third-order valence-electron chi connectivity index (χ3n) is 5.29. The zero-order chi connectivity index (χ0) is 21.6. The van der Waals surface area contributed by atoms with Crippen molar-refractivity contribution in [3.63, 3.8) is 0 Å². The van der Waals surface area contributed by atoms with E-state index in [9.17, 15) is 18.0 Å². The average molecular weight is 464 g/mol. The highest BCUT2D eigenvalue weighted by Gasteiger charge is 2.33. The van der Waals surface area contributed by atoms with Gasteiger partial charge in [-0.2, -0.15) is 13.2 Å². The lowest BCUT2D eigenvalue weighted by Gasteiger charge is -2.31. The minimum Gasteiger partial charge on any atom is -0.337 e. The summed E-state index contributed by atoms with van der Waals surface area (Å²) >= 11 is 2.99. The van der Waals surface area contributed by atoms with Gasteiger partial charge in [0.05, 0.1) is 10.4 Å². The lowest BCUT2D eigenvalue weighted by atomic mass is 9.97. The summed E-state index contributed by atoms with van der Waals surface area (Å²) in [5.41, 5.74) is -0.0144. The van der Waals surface area contributed by atoms with Crippen LogP contribution in [0.3, 0.4) is 0 Å². The summed E-state index contributed by atoms with van der Waals surface area (Å²) in [6.07, 6.45) is -1.97. The van der Waals surface area contributed by atoms with E-state index in [1.807, 2.05) is 17.5 Å². The summed E-state index contributed by atoms with van der Waals surface area (Å²) < 4.78 is 40.8. The average Bonchev–Trinajstić information content (AvgIpc) is 3.52. The van der Waals surface area contributed by atoms with E-state index in [1.165, 1.54) is 21.8 Å². The van der Waals surface area contributed by atoms with Gasteiger partial charge in [-0.15, -0.1) is 32.9 Å². The molecule has 0 bridgehead atoms. The maximum Gasteiger partial charge on any atom is 0.417 e. The number of fused-ring (bicyclic) bond motifs is 1. The Morgan fingerprint density at radius 1 is 1.16 bits per heavy atom. The highest BCUT2D eigenvalue weighted by Crippen LogP contribution is 2.32. The number of piperidine rings is 1. The van der Waals surface area contributed by atoms with E-state index in [1.54, 1.807) is 21.6 Å². The van der Waals surface area contributed by atoms with Crippen molar-refractivity contribution in [3.8, 4) is 9.88 Å². The van der Waals surface area contributed by atoms with Crippen LogP contribution in [0.15, 0.2) is 41.2 Å². The van der Waals surface area contributed by atoms with Crippen LogP contribution >= 0.6 is 22.7 Å². The number of alkyl halides is 3. The number of aromatic nitrogens is 4. The third kappa shape index (κ3) is 3.83. The molecular formula is C20H16F3N5OS2. The van der Waals surface area contributed by atoms with E-state index >= 15 is 0 Å². The molecule has 5 rings (SSSR count). The van der Waals surface area contributed by atoms with Gasteiger partial charge in [0, 0.05) is 30.6 Å². The first-order chi connectivity index (χ1) is 14.9. The summed E-state index contributed by atoms with van der Waals surface area (Å²) in [7, 11) is 0. The van der Waals surface area contributed by atoms with Gasteiger partial charge in [0.25, 0.3) is 5.91 Å². The van der Waals surface area contributed by atoms with Gasteiger partial charge in [0.1, 0.15) is 16.5 Å². The number of thiophene rings is 1. The van der Waals surface area contributed by atoms with E-state index in [2.05, 4.69) is 15.2 Å². The quantitative estimate of drug-likeness (QED) is 0.431. The van der Waals surface area contributed by atoms with Gasteiger partial charge >= 0.3 is 6.18 Å². The van der Waals surface area contributed by atoms with Crippen LogP contribution in [0, 0.1) is 0 Å². The van der Waals surface area contributed by atoms with Crippen molar-refractivity contribution in [2.45, 2.75) is 24.9 Å². The van der Waals surface area contributed by atoms with Crippen LogP contribution in [0.2, 0.25) is 0 Å². The molecule has 160 valence electrons. The van der Waals surface area contributed by atoms with E-state index in [4.69, 9.17) is 0 Å². The highest BCUT2D eigenvalue weighted by molar-refractivity contribution is 7.20. The van der Waals surface area contributed by atoms with E-state index < -0.39 is 11.7 Å². The van der Waals surface area contributed by atoms with Gasteiger partial charge in [-0.05, 0) is 36.4 Å². The molecule has 0 aromatic carbocycles. The highest BCUT2D eigenvalue weighted by atomic mass is 32.1. The maximum absolute atomic E-state index is 13.1. The van der Waals surface area contributed by atoms with Crippen LogP contribution in [0.5, 0.6) is 0 Å². The fraction of sp³-hybridized carbons (Fsp3) is 0.300. The Labute approximate surface area is 183 Å². The number of thiazole rings is 1. The summed E-state index contributed by atoms with van der Waals surface area (Å²) in [5, 5.41) is 12.7. The molecule has 6 nitrogen and oxygen atoms in total. The Balaban J connectivity index is 1.39. The number of rotatable bonds is 3. The fourth-order valence-electron chi connectivity index (χ4n) is 3.77. The molecule has 0 aliphatic carbocycles. The largest absolute Gasteiger partial charge is 0.417 e. The molecular weight excluding hydrogens is 447 g/mol. The van der Waals surface area contributed by atoms with Crippen molar-refractivity contribution in [1.29, 1.82) is 0 Å². The first-order valence-corrected chi connectivity index (χ1v) is 11.4. The van der Waals surface area contributed by atoms with E-state index in [0.717, 1.165) is 35.0 Å². The Hall–Kier alpha value is -2.79. The van der Waals surface area contributed by atoms with Gasteiger partial charge in [0.15, 0.2) is 5.65 Å². The molecule has 31 heavy (non-hydrogen) atoms. The molecule has 1 amide bonds. The smallest absolute Gasteiger partial charge is 0.337 e. The first-order valence-electron chi connectivity index (χ1n) is 9.61. The van der Waals surface area contributed by atoms with Crippen LogP contribution in [0.25, 0.3) is 15.5 Å². The van der Waals surface area contributed by atoms with Crippen LogP contribution in [0.1, 0.15) is 40.6 Å². The number of likely N-dealkylation sites (tertiary alicyclic amines) is 1. The number of halogens is 3. The summed E-state index contributed by atoms with van der Waals surface area (Å²) in [6.45, 7) is 0.938. The second-order valence-corrected chi connectivity index (χ2v) is 9.11. The topological polar surface area (TPSA) is 63.4 Å². The second kappa shape index (κ2) is 7.72. The molecule has 1 aliphatic heterocycles. The molecule has 0 N–H and O–H groups in total. The van der Waals surface area contributed by atoms with E-state index in [-0.39, 0.29) is 11.8 Å². The number of carbonyl (C=O) groups is 1. The predicted octanol–water partition coefficient (Wildman–Crippen LogP) is 4.95. The number of nitrogens with zero attached hydrogens (tertiary/aromatic N) is 5. The van der Waals surface area contributed by atoms with Gasteiger partial charge in [0.2, 0.25) is 0 Å². The van der Waals surface area contributed by atoms with Gasteiger partial charge in [-0.1, -0.05) is 6.07 Å². The summed E-state index contributed by atoms with van der Waals surface area (Å²) in [4.78, 5) is 20.2. The number of carbonyl (C=O) groups excluding carboxylic acids is 1. The minimum atomic E-state index is -4.45. The lowest BCUT2D eigenvalue weighted by molar-refractivity contribution is -0.137. The first kappa shape index (κ1) is 20.1. The zero-order valence-corrected chi connectivity index (χ0v) is 17.7. The molecule has 1 aliphatic rings. The number of pyridine rings is 1. The van der Waals surface area contributed by atoms with Gasteiger partial charge < -0.3 is 4.90 Å². The Morgan fingerprint density at radius 2 is 2.03 bits per heavy atom. The number of hydrogen-bond donors (Lipinski definition) is 0.